The summed E-state index contributed by atoms with van der Waals surface area (Å²) in [4.78, 5) is 18.0. The van der Waals surface area contributed by atoms with Crippen molar-refractivity contribution in [2.75, 3.05) is 18.0 Å². The number of carbonyl (C=O) groups is 1. The van der Waals surface area contributed by atoms with E-state index in [9.17, 15) is 4.79 Å². The van der Waals surface area contributed by atoms with Crippen LogP contribution in [0.3, 0.4) is 0 Å². The Kier molecular flexibility index (Phi) is 2.66. The van der Waals surface area contributed by atoms with Crippen LogP contribution in [0.1, 0.15) is 12.6 Å². The summed E-state index contributed by atoms with van der Waals surface area (Å²) in [5.41, 5.74) is 7.36. The van der Waals surface area contributed by atoms with E-state index in [4.69, 9.17) is 5.73 Å². The molecular weight excluding hydrogens is 242 g/mol. The molecule has 1 aliphatic heterocycles. The first-order valence-corrected chi connectivity index (χ1v) is 6.41. The number of fused-ring (bicyclic) bond motifs is 1. The van der Waals surface area contributed by atoms with Crippen molar-refractivity contribution in [1.29, 1.82) is 0 Å². The first-order valence-electron chi connectivity index (χ1n) is 6.41. The van der Waals surface area contributed by atoms with Gasteiger partial charge in [0.05, 0.1) is 11.6 Å². The Labute approximate surface area is 111 Å². The molecule has 100 valence electrons. The number of hydrogen-bond donors (Lipinski definition) is 1. The molecule has 19 heavy (non-hydrogen) atoms. The van der Waals surface area contributed by atoms with Crippen LogP contribution in [-0.4, -0.2) is 33.6 Å². The monoisotopic (exact) mass is 259 g/mol. The van der Waals surface area contributed by atoms with Crippen LogP contribution in [-0.2, 0) is 4.79 Å². The molecule has 2 N–H and O–H groups in total. The summed E-state index contributed by atoms with van der Waals surface area (Å²) in [7, 11) is 0. The average molecular weight is 259 g/mol. The quantitative estimate of drug-likeness (QED) is 0.856. The molecule has 1 saturated heterocycles. The second kappa shape index (κ2) is 4.22. The molecule has 0 bridgehead atoms. The fraction of sp³-hybridized carbons (Fsp3) is 0.462. The Morgan fingerprint density at radius 2 is 2.26 bits per heavy atom. The van der Waals surface area contributed by atoms with Crippen molar-refractivity contribution in [2.45, 2.75) is 13.8 Å². The number of aryl methyl sites for hydroxylation is 1. The fourth-order valence-corrected chi connectivity index (χ4v) is 2.78. The third-order valence-corrected chi connectivity index (χ3v) is 3.77. The van der Waals surface area contributed by atoms with Crippen molar-refractivity contribution in [3.05, 3.63) is 24.2 Å². The highest BCUT2D eigenvalue weighted by atomic mass is 16.1. The summed E-state index contributed by atoms with van der Waals surface area (Å²) in [6, 6.07) is 2.00. The van der Waals surface area contributed by atoms with Gasteiger partial charge in [-0.3, -0.25) is 4.79 Å². The highest BCUT2D eigenvalue weighted by Gasteiger charge is 2.34. The average Bonchev–Trinajstić information content (AvgIpc) is 2.90. The van der Waals surface area contributed by atoms with Crippen LogP contribution in [0.4, 0.5) is 5.82 Å². The second-order valence-corrected chi connectivity index (χ2v) is 5.26. The van der Waals surface area contributed by atoms with Gasteiger partial charge >= 0.3 is 0 Å². The summed E-state index contributed by atoms with van der Waals surface area (Å²) in [6.45, 7) is 5.44. The number of carbonyl (C=O) groups excluding carboxylic acids is 1. The van der Waals surface area contributed by atoms with Crippen LogP contribution >= 0.6 is 0 Å². The van der Waals surface area contributed by atoms with Crippen LogP contribution in [0, 0.1) is 18.8 Å². The number of anilines is 1. The van der Waals surface area contributed by atoms with Crippen molar-refractivity contribution >= 4 is 17.2 Å². The fourth-order valence-electron chi connectivity index (χ4n) is 2.78. The predicted octanol–water partition coefficient (Wildman–Crippen LogP) is 0.595. The molecule has 0 saturated carbocycles. The lowest BCUT2D eigenvalue weighted by Crippen LogP contribution is -2.29. The van der Waals surface area contributed by atoms with Crippen molar-refractivity contribution in [1.82, 2.24) is 14.6 Å². The third kappa shape index (κ3) is 1.93. The number of hydrogen-bond acceptors (Lipinski definition) is 4. The van der Waals surface area contributed by atoms with E-state index in [1.165, 1.54) is 0 Å². The standard InChI is InChI=1S/C13H17N5O/c1-8-6-17(7-10(8)12(14)19)13-11-5-9(2)16-18(11)4-3-15-13/h3-5,8,10H,6-7H2,1-2H3,(H2,14,19)/t8-,10-/m1/s1. The lowest BCUT2D eigenvalue weighted by Gasteiger charge is -2.17. The highest BCUT2D eigenvalue weighted by molar-refractivity contribution is 5.79. The second-order valence-electron chi connectivity index (χ2n) is 5.26. The van der Waals surface area contributed by atoms with Crippen LogP contribution < -0.4 is 10.6 Å². The van der Waals surface area contributed by atoms with Crippen molar-refractivity contribution < 1.29 is 4.79 Å². The molecule has 1 amide bonds. The van der Waals surface area contributed by atoms with E-state index >= 15 is 0 Å². The van der Waals surface area contributed by atoms with Gasteiger partial charge in [-0.25, -0.2) is 9.50 Å². The smallest absolute Gasteiger partial charge is 0.222 e. The van der Waals surface area contributed by atoms with Gasteiger partial charge in [0.15, 0.2) is 5.82 Å². The van der Waals surface area contributed by atoms with Gasteiger partial charge in [-0.2, -0.15) is 5.10 Å². The zero-order valence-corrected chi connectivity index (χ0v) is 11.1. The SMILES string of the molecule is Cc1cc2c(N3C[C@@H](C)[C@H](C(N)=O)C3)nccn2n1. The first-order chi connectivity index (χ1) is 9.06. The molecule has 3 rings (SSSR count). The van der Waals surface area contributed by atoms with Gasteiger partial charge in [-0.05, 0) is 18.9 Å². The number of nitrogens with zero attached hydrogens (tertiary/aromatic N) is 4. The van der Waals surface area contributed by atoms with Crippen LogP contribution in [0.15, 0.2) is 18.5 Å². The van der Waals surface area contributed by atoms with E-state index in [-0.39, 0.29) is 17.7 Å². The van der Waals surface area contributed by atoms with Crippen molar-refractivity contribution in [2.24, 2.45) is 17.6 Å². The van der Waals surface area contributed by atoms with E-state index in [0.29, 0.717) is 6.54 Å². The Bertz CT molecular complexity index is 635. The molecule has 2 aromatic rings. The summed E-state index contributed by atoms with van der Waals surface area (Å²) < 4.78 is 1.82. The predicted molar refractivity (Wildman–Crippen MR) is 71.8 cm³/mol. The summed E-state index contributed by atoms with van der Waals surface area (Å²) in [5.74, 6) is 0.792. The molecule has 3 heterocycles. The van der Waals surface area contributed by atoms with Crippen molar-refractivity contribution in [3.63, 3.8) is 0 Å². The minimum atomic E-state index is -0.230. The summed E-state index contributed by atoms with van der Waals surface area (Å²) in [5, 5.41) is 4.38. The van der Waals surface area contributed by atoms with Gasteiger partial charge < -0.3 is 10.6 Å². The van der Waals surface area contributed by atoms with E-state index in [2.05, 4.69) is 21.9 Å². The van der Waals surface area contributed by atoms with Gasteiger partial charge in [-0.1, -0.05) is 6.92 Å². The Morgan fingerprint density at radius 1 is 1.47 bits per heavy atom. The maximum atomic E-state index is 11.4. The van der Waals surface area contributed by atoms with Gasteiger partial charge in [0.1, 0.15) is 5.52 Å². The van der Waals surface area contributed by atoms with Crippen LogP contribution in [0.25, 0.3) is 5.52 Å². The molecule has 0 aromatic carbocycles. The summed E-state index contributed by atoms with van der Waals surface area (Å²) >= 11 is 0. The van der Waals surface area contributed by atoms with E-state index < -0.39 is 0 Å². The molecule has 2 atom stereocenters. The minimum absolute atomic E-state index is 0.105. The van der Waals surface area contributed by atoms with Crippen molar-refractivity contribution in [3.8, 4) is 0 Å². The third-order valence-electron chi connectivity index (χ3n) is 3.77. The Morgan fingerprint density at radius 3 is 2.95 bits per heavy atom. The minimum Gasteiger partial charge on any atom is -0.369 e. The lowest BCUT2D eigenvalue weighted by molar-refractivity contribution is -0.122. The molecule has 0 radical (unpaired) electrons. The topological polar surface area (TPSA) is 76.5 Å². The molecule has 6 heteroatoms. The maximum Gasteiger partial charge on any atom is 0.222 e. The van der Waals surface area contributed by atoms with E-state index in [1.807, 2.05) is 23.7 Å². The molecule has 2 aromatic heterocycles. The highest BCUT2D eigenvalue weighted by Crippen LogP contribution is 2.29. The molecule has 6 nitrogen and oxygen atoms in total. The molecule has 1 aliphatic rings. The largest absolute Gasteiger partial charge is 0.369 e. The molecule has 1 fully saturated rings. The molecule has 0 unspecified atom stereocenters. The number of amides is 1. The van der Waals surface area contributed by atoms with Crippen LogP contribution in [0.2, 0.25) is 0 Å². The van der Waals surface area contributed by atoms with Gasteiger partial charge in [-0.15, -0.1) is 0 Å². The molecule has 0 spiro atoms. The number of rotatable bonds is 2. The summed E-state index contributed by atoms with van der Waals surface area (Å²) in [6.07, 6.45) is 3.56. The van der Waals surface area contributed by atoms with Gasteiger partial charge in [0.25, 0.3) is 0 Å². The normalized spacial score (nSPS) is 23.2. The van der Waals surface area contributed by atoms with Gasteiger partial charge in [0, 0.05) is 25.5 Å². The molecular formula is C13H17N5O. The van der Waals surface area contributed by atoms with Gasteiger partial charge in [0.2, 0.25) is 5.91 Å². The van der Waals surface area contributed by atoms with E-state index in [0.717, 1.165) is 23.6 Å². The zero-order chi connectivity index (χ0) is 13.6. The van der Waals surface area contributed by atoms with E-state index in [1.54, 1.807) is 6.20 Å². The first kappa shape index (κ1) is 12.0. The number of primary amides is 1. The molecule has 0 aliphatic carbocycles. The zero-order valence-electron chi connectivity index (χ0n) is 11.1. The van der Waals surface area contributed by atoms with Crippen LogP contribution in [0.5, 0.6) is 0 Å². The number of nitrogens with two attached hydrogens (primary N) is 1. The Balaban J connectivity index is 1.99. The number of aromatic nitrogens is 3. The maximum absolute atomic E-state index is 11.4. The lowest BCUT2D eigenvalue weighted by atomic mass is 9.98. The Hall–Kier alpha value is -2.11.